The Labute approximate surface area is 127 Å². The van der Waals surface area contributed by atoms with E-state index in [1.54, 1.807) is 19.2 Å². The first-order valence-electron chi connectivity index (χ1n) is 6.49. The number of nitrogens with one attached hydrogen (secondary N) is 1. The van der Waals surface area contributed by atoms with Crippen molar-refractivity contribution in [1.82, 2.24) is 0 Å². The molecule has 4 heteroatoms. The van der Waals surface area contributed by atoms with Crippen LogP contribution in [0.3, 0.4) is 0 Å². The van der Waals surface area contributed by atoms with Crippen LogP contribution in [-0.2, 0) is 0 Å². The number of hydrogen-bond donors (Lipinski definition) is 1. The summed E-state index contributed by atoms with van der Waals surface area (Å²) in [7, 11) is 1.65. The monoisotopic (exact) mass is 337 g/mol. The van der Waals surface area contributed by atoms with Crippen molar-refractivity contribution in [3.05, 3.63) is 58.3 Å². The third-order valence-corrected chi connectivity index (χ3v) is 3.79. The van der Waals surface area contributed by atoms with Crippen LogP contribution < -0.4 is 10.1 Å². The molecule has 0 aliphatic carbocycles. The zero-order valence-electron chi connectivity index (χ0n) is 11.5. The van der Waals surface area contributed by atoms with E-state index >= 15 is 0 Å². The first-order valence-corrected chi connectivity index (χ1v) is 7.29. The van der Waals surface area contributed by atoms with E-state index in [1.807, 2.05) is 24.3 Å². The predicted molar refractivity (Wildman–Crippen MR) is 83.7 cm³/mol. The molecule has 1 N–H and O–H groups in total. The van der Waals surface area contributed by atoms with Crippen LogP contribution in [0, 0.1) is 5.82 Å². The Morgan fingerprint density at radius 1 is 1.20 bits per heavy atom. The summed E-state index contributed by atoms with van der Waals surface area (Å²) in [6.07, 6.45) is 0.932. The molecule has 0 aliphatic heterocycles. The van der Waals surface area contributed by atoms with Gasteiger partial charge in [-0.15, -0.1) is 0 Å². The Balaban J connectivity index is 2.16. The highest BCUT2D eigenvalue weighted by molar-refractivity contribution is 9.10. The predicted octanol–water partition coefficient (Wildman–Crippen LogP) is 5.16. The van der Waals surface area contributed by atoms with Crippen molar-refractivity contribution < 1.29 is 9.13 Å². The minimum Gasteiger partial charge on any atom is -0.497 e. The molecule has 1 atom stereocenters. The Kier molecular flexibility index (Phi) is 5.01. The largest absolute Gasteiger partial charge is 0.497 e. The summed E-state index contributed by atoms with van der Waals surface area (Å²) in [5, 5.41) is 3.41. The summed E-state index contributed by atoms with van der Waals surface area (Å²) >= 11 is 3.20. The second-order valence-corrected chi connectivity index (χ2v) is 5.36. The molecule has 0 spiro atoms. The molecule has 0 fully saturated rings. The molecule has 0 saturated heterocycles. The van der Waals surface area contributed by atoms with Crippen molar-refractivity contribution in [2.45, 2.75) is 19.4 Å². The van der Waals surface area contributed by atoms with Gasteiger partial charge in [-0.3, -0.25) is 0 Å². The fourth-order valence-electron chi connectivity index (χ4n) is 2.04. The third-order valence-electron chi connectivity index (χ3n) is 3.19. The lowest BCUT2D eigenvalue weighted by Gasteiger charge is -2.19. The van der Waals surface area contributed by atoms with Gasteiger partial charge in [-0.05, 0) is 58.2 Å². The number of methoxy groups -OCH3 is 1. The molecule has 2 aromatic carbocycles. The Bertz CT molecular complexity index is 571. The second-order valence-electron chi connectivity index (χ2n) is 4.51. The van der Waals surface area contributed by atoms with E-state index in [4.69, 9.17) is 4.74 Å². The van der Waals surface area contributed by atoms with Crippen molar-refractivity contribution in [1.29, 1.82) is 0 Å². The van der Waals surface area contributed by atoms with E-state index in [1.165, 1.54) is 11.6 Å². The first kappa shape index (κ1) is 14.9. The summed E-state index contributed by atoms with van der Waals surface area (Å²) in [5.41, 5.74) is 2.06. The third kappa shape index (κ3) is 3.51. The van der Waals surface area contributed by atoms with Crippen molar-refractivity contribution in [2.75, 3.05) is 12.4 Å². The van der Waals surface area contributed by atoms with Gasteiger partial charge in [0.05, 0.1) is 17.6 Å². The minimum atomic E-state index is -0.256. The molecule has 106 valence electrons. The average molecular weight is 338 g/mol. The molecule has 0 radical (unpaired) electrons. The van der Waals surface area contributed by atoms with Gasteiger partial charge in [-0.25, -0.2) is 4.39 Å². The number of ether oxygens (including phenoxy) is 1. The quantitative estimate of drug-likeness (QED) is 0.813. The molecule has 2 rings (SSSR count). The zero-order valence-corrected chi connectivity index (χ0v) is 13.1. The van der Waals surface area contributed by atoms with Gasteiger partial charge in [0.2, 0.25) is 0 Å². The molecular weight excluding hydrogens is 321 g/mol. The summed E-state index contributed by atoms with van der Waals surface area (Å²) in [4.78, 5) is 0. The van der Waals surface area contributed by atoms with Gasteiger partial charge in [0.1, 0.15) is 11.6 Å². The fourth-order valence-corrected chi connectivity index (χ4v) is 2.42. The van der Waals surface area contributed by atoms with Crippen LogP contribution >= 0.6 is 15.9 Å². The number of hydrogen-bond acceptors (Lipinski definition) is 2. The van der Waals surface area contributed by atoms with Gasteiger partial charge in [0.25, 0.3) is 0 Å². The second kappa shape index (κ2) is 6.75. The molecule has 0 saturated carbocycles. The maximum atomic E-state index is 13.2. The minimum absolute atomic E-state index is 0.179. The van der Waals surface area contributed by atoms with Crippen LogP contribution in [-0.4, -0.2) is 7.11 Å². The highest BCUT2D eigenvalue weighted by Gasteiger charge is 2.10. The first-order chi connectivity index (χ1) is 9.63. The molecular formula is C16H17BrFNO. The highest BCUT2D eigenvalue weighted by atomic mass is 79.9. The van der Waals surface area contributed by atoms with Gasteiger partial charge in [0.15, 0.2) is 0 Å². The standard InChI is InChI=1S/C16H17BrFNO/c1-3-16(11-4-7-13(20-2)8-5-11)19-12-6-9-15(18)14(17)10-12/h4-10,16,19H,3H2,1-2H3. The van der Waals surface area contributed by atoms with E-state index in [0.717, 1.165) is 17.9 Å². The van der Waals surface area contributed by atoms with E-state index in [9.17, 15) is 4.39 Å². The number of anilines is 1. The van der Waals surface area contributed by atoms with Gasteiger partial charge in [-0.1, -0.05) is 19.1 Å². The van der Waals surface area contributed by atoms with E-state index in [2.05, 4.69) is 28.2 Å². The Morgan fingerprint density at radius 2 is 1.90 bits per heavy atom. The molecule has 0 heterocycles. The summed E-state index contributed by atoms with van der Waals surface area (Å²) in [5.74, 6) is 0.584. The van der Waals surface area contributed by atoms with Gasteiger partial charge < -0.3 is 10.1 Å². The van der Waals surface area contributed by atoms with E-state index in [0.29, 0.717) is 4.47 Å². The number of benzene rings is 2. The van der Waals surface area contributed by atoms with Gasteiger partial charge in [-0.2, -0.15) is 0 Å². The number of halogens is 2. The molecule has 0 aliphatic rings. The van der Waals surface area contributed by atoms with Crippen LogP contribution in [0.25, 0.3) is 0 Å². The summed E-state index contributed by atoms with van der Waals surface area (Å²) in [6, 6.07) is 13.1. The van der Waals surface area contributed by atoms with Crippen LogP contribution in [0.4, 0.5) is 10.1 Å². The maximum Gasteiger partial charge on any atom is 0.137 e. The lowest BCUT2D eigenvalue weighted by molar-refractivity contribution is 0.414. The zero-order chi connectivity index (χ0) is 14.5. The molecule has 0 aromatic heterocycles. The van der Waals surface area contributed by atoms with E-state index in [-0.39, 0.29) is 11.9 Å². The molecule has 0 amide bonds. The van der Waals surface area contributed by atoms with Crippen LogP contribution in [0.5, 0.6) is 5.75 Å². The van der Waals surface area contributed by atoms with E-state index < -0.39 is 0 Å². The Hall–Kier alpha value is -1.55. The SMILES string of the molecule is CCC(Nc1ccc(F)c(Br)c1)c1ccc(OC)cc1. The van der Waals surface area contributed by atoms with Gasteiger partial charge >= 0.3 is 0 Å². The molecule has 0 bridgehead atoms. The molecule has 1 unspecified atom stereocenters. The average Bonchev–Trinajstić information content (AvgIpc) is 2.48. The van der Waals surface area contributed by atoms with Crippen molar-refractivity contribution >= 4 is 21.6 Å². The van der Waals surface area contributed by atoms with Crippen molar-refractivity contribution in [3.63, 3.8) is 0 Å². The summed E-state index contributed by atoms with van der Waals surface area (Å²) < 4.78 is 18.9. The van der Waals surface area contributed by atoms with Crippen molar-refractivity contribution in [3.8, 4) is 5.75 Å². The number of rotatable bonds is 5. The highest BCUT2D eigenvalue weighted by Crippen LogP contribution is 2.27. The Morgan fingerprint density at radius 3 is 2.45 bits per heavy atom. The topological polar surface area (TPSA) is 21.3 Å². The normalized spacial score (nSPS) is 12.0. The molecule has 20 heavy (non-hydrogen) atoms. The molecule has 2 nitrogen and oxygen atoms in total. The molecule has 2 aromatic rings. The van der Waals surface area contributed by atoms with Crippen molar-refractivity contribution in [2.24, 2.45) is 0 Å². The lowest BCUT2D eigenvalue weighted by Crippen LogP contribution is -2.09. The summed E-state index contributed by atoms with van der Waals surface area (Å²) in [6.45, 7) is 2.11. The van der Waals surface area contributed by atoms with Crippen LogP contribution in [0.15, 0.2) is 46.9 Å². The smallest absolute Gasteiger partial charge is 0.137 e. The fraction of sp³-hybridized carbons (Fsp3) is 0.250. The van der Waals surface area contributed by atoms with Gasteiger partial charge in [0, 0.05) is 5.69 Å². The van der Waals surface area contributed by atoms with Crippen LogP contribution in [0.1, 0.15) is 24.9 Å². The maximum absolute atomic E-state index is 13.2. The van der Waals surface area contributed by atoms with Crippen LogP contribution in [0.2, 0.25) is 0 Å². The lowest BCUT2D eigenvalue weighted by atomic mass is 10.0.